The van der Waals surface area contributed by atoms with Gasteiger partial charge in [0.1, 0.15) is 11.4 Å². The van der Waals surface area contributed by atoms with E-state index in [9.17, 15) is 9.18 Å². The maximum atomic E-state index is 13.7. The predicted octanol–water partition coefficient (Wildman–Crippen LogP) is 4.00. The predicted molar refractivity (Wildman–Crippen MR) is 66.0 cm³/mol. The third kappa shape index (κ3) is 3.70. The average molecular weight is 259 g/mol. The van der Waals surface area contributed by atoms with E-state index in [1.807, 2.05) is 6.92 Å². The van der Waals surface area contributed by atoms with Gasteiger partial charge in [-0.15, -0.1) is 0 Å². The Balaban J connectivity index is 3.07. The number of aryl methyl sites for hydroxylation is 1. The largest absolute Gasteiger partial charge is 0.456 e. The van der Waals surface area contributed by atoms with Crippen molar-refractivity contribution in [2.45, 2.75) is 39.7 Å². The summed E-state index contributed by atoms with van der Waals surface area (Å²) in [7, 11) is 0. The number of hydrogen-bond acceptors (Lipinski definition) is 2. The van der Waals surface area contributed by atoms with E-state index in [0.717, 1.165) is 0 Å². The smallest absolute Gasteiger partial charge is 0.341 e. The minimum Gasteiger partial charge on any atom is -0.456 e. The summed E-state index contributed by atoms with van der Waals surface area (Å²) < 4.78 is 18.8. The zero-order valence-corrected chi connectivity index (χ0v) is 11.2. The molecule has 1 aromatic rings. The van der Waals surface area contributed by atoms with Crippen LogP contribution in [0.25, 0.3) is 0 Å². The van der Waals surface area contributed by atoms with Crippen molar-refractivity contribution in [3.05, 3.63) is 34.1 Å². The number of carbonyl (C=O) groups is 1. The van der Waals surface area contributed by atoms with Gasteiger partial charge in [0, 0.05) is 5.02 Å². The summed E-state index contributed by atoms with van der Waals surface area (Å²) in [6, 6.07) is 2.60. The zero-order chi connectivity index (χ0) is 13.2. The van der Waals surface area contributed by atoms with Crippen molar-refractivity contribution in [1.29, 1.82) is 0 Å². The first-order valence-electron chi connectivity index (χ1n) is 5.46. The van der Waals surface area contributed by atoms with Crippen LogP contribution in [-0.2, 0) is 11.2 Å². The topological polar surface area (TPSA) is 26.3 Å². The first-order valence-corrected chi connectivity index (χ1v) is 5.83. The molecular formula is C13H16ClFO2. The molecule has 0 aromatic heterocycles. The highest BCUT2D eigenvalue weighted by molar-refractivity contribution is 6.31. The molecule has 0 bridgehead atoms. The van der Waals surface area contributed by atoms with E-state index < -0.39 is 17.4 Å². The van der Waals surface area contributed by atoms with E-state index in [-0.39, 0.29) is 5.56 Å². The van der Waals surface area contributed by atoms with Crippen LogP contribution in [0.1, 0.15) is 43.6 Å². The molecule has 94 valence electrons. The summed E-state index contributed by atoms with van der Waals surface area (Å²) in [5.41, 5.74) is -0.0991. The highest BCUT2D eigenvalue weighted by Crippen LogP contribution is 2.23. The van der Waals surface area contributed by atoms with Crippen molar-refractivity contribution < 1.29 is 13.9 Å². The lowest BCUT2D eigenvalue weighted by atomic mass is 10.1. The fraction of sp³-hybridized carbons (Fsp3) is 0.462. The standard InChI is InChI=1S/C13H16ClFO2/c1-5-8-6-11(15)9(7-10(8)14)12(16)17-13(2,3)4/h6-7H,5H2,1-4H3. The van der Waals surface area contributed by atoms with Crippen LogP contribution >= 0.6 is 11.6 Å². The van der Waals surface area contributed by atoms with Gasteiger partial charge in [0.05, 0.1) is 5.56 Å². The summed E-state index contributed by atoms with van der Waals surface area (Å²) >= 11 is 5.94. The normalized spacial score (nSPS) is 11.4. The quantitative estimate of drug-likeness (QED) is 0.750. The van der Waals surface area contributed by atoms with Crippen molar-refractivity contribution in [3.63, 3.8) is 0 Å². The molecule has 0 heterocycles. The van der Waals surface area contributed by atoms with Crippen LogP contribution in [0.5, 0.6) is 0 Å². The number of ether oxygens (including phenoxy) is 1. The van der Waals surface area contributed by atoms with E-state index >= 15 is 0 Å². The van der Waals surface area contributed by atoms with Crippen molar-refractivity contribution in [1.82, 2.24) is 0 Å². The molecule has 0 amide bonds. The average Bonchev–Trinajstić information content (AvgIpc) is 2.18. The molecule has 0 fully saturated rings. The Bertz CT molecular complexity index is 436. The van der Waals surface area contributed by atoms with E-state index in [1.165, 1.54) is 12.1 Å². The molecule has 0 aliphatic heterocycles. The molecule has 0 N–H and O–H groups in total. The Morgan fingerprint density at radius 1 is 1.41 bits per heavy atom. The van der Waals surface area contributed by atoms with E-state index in [4.69, 9.17) is 16.3 Å². The van der Waals surface area contributed by atoms with Gasteiger partial charge >= 0.3 is 5.97 Å². The molecule has 0 saturated carbocycles. The molecule has 17 heavy (non-hydrogen) atoms. The van der Waals surface area contributed by atoms with Gasteiger partial charge in [-0.1, -0.05) is 18.5 Å². The van der Waals surface area contributed by atoms with Gasteiger partial charge in [-0.3, -0.25) is 0 Å². The second-order valence-corrected chi connectivity index (χ2v) is 5.19. The van der Waals surface area contributed by atoms with E-state index in [0.29, 0.717) is 17.0 Å². The number of rotatable bonds is 2. The van der Waals surface area contributed by atoms with E-state index in [1.54, 1.807) is 20.8 Å². The van der Waals surface area contributed by atoms with Gasteiger partial charge < -0.3 is 4.74 Å². The van der Waals surface area contributed by atoms with Gasteiger partial charge in [-0.2, -0.15) is 0 Å². The number of halogens is 2. The van der Waals surface area contributed by atoms with Crippen LogP contribution in [-0.4, -0.2) is 11.6 Å². The Morgan fingerprint density at radius 3 is 2.47 bits per heavy atom. The molecule has 0 aliphatic rings. The van der Waals surface area contributed by atoms with Gasteiger partial charge in [0.25, 0.3) is 0 Å². The first kappa shape index (κ1) is 14.0. The van der Waals surface area contributed by atoms with Crippen LogP contribution in [0, 0.1) is 5.82 Å². The van der Waals surface area contributed by atoms with Gasteiger partial charge in [0.15, 0.2) is 0 Å². The first-order chi connectivity index (χ1) is 7.74. The maximum Gasteiger partial charge on any atom is 0.341 e. The van der Waals surface area contributed by atoms with Crippen molar-refractivity contribution in [2.75, 3.05) is 0 Å². The Kier molecular flexibility index (Phi) is 4.15. The number of carbonyl (C=O) groups excluding carboxylic acids is 1. The number of hydrogen-bond donors (Lipinski definition) is 0. The van der Waals surface area contributed by atoms with Crippen molar-refractivity contribution >= 4 is 17.6 Å². The molecule has 2 nitrogen and oxygen atoms in total. The summed E-state index contributed by atoms with van der Waals surface area (Å²) in [5, 5.41) is 0.384. The lowest BCUT2D eigenvalue weighted by Crippen LogP contribution is -2.24. The highest BCUT2D eigenvalue weighted by Gasteiger charge is 2.21. The van der Waals surface area contributed by atoms with Crippen LogP contribution in [0.15, 0.2) is 12.1 Å². The second-order valence-electron chi connectivity index (χ2n) is 4.78. The van der Waals surface area contributed by atoms with Crippen molar-refractivity contribution in [3.8, 4) is 0 Å². The fourth-order valence-corrected chi connectivity index (χ4v) is 1.65. The third-order valence-electron chi connectivity index (χ3n) is 2.14. The molecule has 4 heteroatoms. The number of esters is 1. The Hall–Kier alpha value is -1.09. The third-order valence-corrected chi connectivity index (χ3v) is 2.49. The monoisotopic (exact) mass is 258 g/mol. The summed E-state index contributed by atoms with van der Waals surface area (Å²) in [6.07, 6.45) is 0.615. The van der Waals surface area contributed by atoms with Crippen molar-refractivity contribution in [2.24, 2.45) is 0 Å². The van der Waals surface area contributed by atoms with Gasteiger partial charge in [-0.25, -0.2) is 9.18 Å². The molecule has 1 aromatic carbocycles. The minimum absolute atomic E-state index is 0.123. The fourth-order valence-electron chi connectivity index (χ4n) is 1.35. The Labute approximate surface area is 106 Å². The molecule has 0 atom stereocenters. The molecule has 1 rings (SSSR count). The lowest BCUT2D eigenvalue weighted by molar-refractivity contribution is 0.00647. The highest BCUT2D eigenvalue weighted by atomic mass is 35.5. The molecule has 0 aliphatic carbocycles. The van der Waals surface area contributed by atoms with E-state index in [2.05, 4.69) is 0 Å². The van der Waals surface area contributed by atoms with Crippen LogP contribution in [0.3, 0.4) is 0 Å². The second kappa shape index (κ2) is 5.05. The summed E-state index contributed by atoms with van der Waals surface area (Å²) in [5.74, 6) is -1.29. The molecular weight excluding hydrogens is 243 g/mol. The molecule has 0 spiro atoms. The molecule has 0 unspecified atom stereocenters. The summed E-state index contributed by atoms with van der Waals surface area (Å²) in [6.45, 7) is 7.05. The van der Waals surface area contributed by atoms with Gasteiger partial charge in [-0.05, 0) is 44.9 Å². The lowest BCUT2D eigenvalue weighted by Gasteiger charge is -2.20. The zero-order valence-electron chi connectivity index (χ0n) is 10.4. The van der Waals surface area contributed by atoms with Crippen LogP contribution in [0.4, 0.5) is 4.39 Å². The summed E-state index contributed by atoms with van der Waals surface area (Å²) in [4.78, 5) is 11.7. The van der Waals surface area contributed by atoms with Crippen LogP contribution in [0.2, 0.25) is 5.02 Å². The minimum atomic E-state index is -0.695. The maximum absolute atomic E-state index is 13.7. The Morgan fingerprint density at radius 2 is 2.00 bits per heavy atom. The van der Waals surface area contributed by atoms with Gasteiger partial charge in [0.2, 0.25) is 0 Å². The SMILES string of the molecule is CCc1cc(F)c(C(=O)OC(C)(C)C)cc1Cl. The van der Waals surface area contributed by atoms with Crippen LogP contribution < -0.4 is 0 Å². The number of benzene rings is 1. The molecule has 0 radical (unpaired) electrons. The molecule has 0 saturated heterocycles.